The summed E-state index contributed by atoms with van der Waals surface area (Å²) in [5.41, 5.74) is 1.29. The van der Waals surface area contributed by atoms with Crippen molar-refractivity contribution < 1.29 is 13.6 Å². The van der Waals surface area contributed by atoms with Crippen LogP contribution in [0.15, 0.2) is 42.7 Å². The van der Waals surface area contributed by atoms with Gasteiger partial charge < -0.3 is 4.90 Å². The van der Waals surface area contributed by atoms with E-state index in [-0.39, 0.29) is 23.9 Å². The van der Waals surface area contributed by atoms with Gasteiger partial charge in [0.2, 0.25) is 5.91 Å². The van der Waals surface area contributed by atoms with Crippen molar-refractivity contribution in [1.82, 2.24) is 14.8 Å². The highest BCUT2D eigenvalue weighted by Crippen LogP contribution is 2.32. The molecule has 6 heteroatoms. The zero-order valence-corrected chi connectivity index (χ0v) is 14.4. The van der Waals surface area contributed by atoms with Crippen molar-refractivity contribution in [2.45, 2.75) is 25.4 Å². The molecule has 2 aromatic rings. The molecule has 2 fully saturated rings. The van der Waals surface area contributed by atoms with Gasteiger partial charge in [-0.25, -0.2) is 8.78 Å². The summed E-state index contributed by atoms with van der Waals surface area (Å²) >= 11 is 0. The van der Waals surface area contributed by atoms with Crippen LogP contribution in [0, 0.1) is 17.6 Å². The summed E-state index contributed by atoms with van der Waals surface area (Å²) < 4.78 is 27.2. The maximum absolute atomic E-state index is 13.9. The van der Waals surface area contributed by atoms with Crippen LogP contribution in [0.5, 0.6) is 0 Å². The van der Waals surface area contributed by atoms with Crippen molar-refractivity contribution in [2.24, 2.45) is 5.92 Å². The van der Waals surface area contributed by atoms with Gasteiger partial charge in [-0.1, -0.05) is 18.2 Å². The van der Waals surface area contributed by atoms with Crippen LogP contribution in [0.3, 0.4) is 0 Å². The number of likely N-dealkylation sites (tertiary alicyclic amines) is 2. The third kappa shape index (κ3) is 3.33. The number of carbonyl (C=O) groups excluding carboxylic acids is 1. The van der Waals surface area contributed by atoms with Crippen LogP contribution in [0.4, 0.5) is 8.78 Å². The van der Waals surface area contributed by atoms with E-state index in [1.165, 1.54) is 12.1 Å². The van der Waals surface area contributed by atoms with E-state index in [1.54, 1.807) is 6.20 Å². The maximum atomic E-state index is 13.9. The Morgan fingerprint density at radius 2 is 2.08 bits per heavy atom. The molecule has 0 bridgehead atoms. The predicted octanol–water partition coefficient (Wildman–Crippen LogP) is 2.64. The molecule has 0 spiro atoms. The topological polar surface area (TPSA) is 36.4 Å². The highest BCUT2D eigenvalue weighted by molar-refractivity contribution is 5.79. The van der Waals surface area contributed by atoms with Crippen LogP contribution in [-0.2, 0) is 17.8 Å². The van der Waals surface area contributed by atoms with Crippen molar-refractivity contribution in [2.75, 3.05) is 19.6 Å². The van der Waals surface area contributed by atoms with Gasteiger partial charge in [-0.05, 0) is 30.0 Å². The number of nitrogens with zero attached hydrogens (tertiary/aromatic N) is 3. The van der Waals surface area contributed by atoms with Crippen LogP contribution >= 0.6 is 0 Å². The third-order valence-corrected chi connectivity index (χ3v) is 5.45. The predicted molar refractivity (Wildman–Crippen MR) is 93.2 cm³/mol. The molecule has 2 aliphatic rings. The highest BCUT2D eigenvalue weighted by Gasteiger charge is 2.43. The second kappa shape index (κ2) is 7.11. The fourth-order valence-electron chi connectivity index (χ4n) is 4.19. The number of hydrogen-bond acceptors (Lipinski definition) is 3. The van der Waals surface area contributed by atoms with Crippen molar-refractivity contribution in [1.29, 1.82) is 0 Å². The SMILES string of the molecule is O=C(Cc1cccc(F)c1F)N1CC[C@H]2CN(Cc3cccnc3)C[C@H]21. The molecule has 1 aromatic carbocycles. The summed E-state index contributed by atoms with van der Waals surface area (Å²) in [6.45, 7) is 3.29. The molecule has 2 saturated heterocycles. The van der Waals surface area contributed by atoms with Crippen LogP contribution in [0.1, 0.15) is 17.5 Å². The van der Waals surface area contributed by atoms with Crippen LogP contribution in [0.25, 0.3) is 0 Å². The summed E-state index contributed by atoms with van der Waals surface area (Å²) in [6, 6.07) is 8.14. The number of halogens is 2. The van der Waals surface area contributed by atoms with E-state index in [0.29, 0.717) is 12.5 Å². The Morgan fingerprint density at radius 1 is 1.19 bits per heavy atom. The quantitative estimate of drug-likeness (QED) is 0.844. The van der Waals surface area contributed by atoms with E-state index < -0.39 is 11.6 Å². The molecule has 1 amide bonds. The van der Waals surface area contributed by atoms with Gasteiger partial charge in [0, 0.05) is 50.2 Å². The summed E-state index contributed by atoms with van der Waals surface area (Å²) in [5.74, 6) is -1.49. The van der Waals surface area contributed by atoms with Crippen LogP contribution < -0.4 is 0 Å². The monoisotopic (exact) mass is 357 g/mol. The second-order valence-electron chi connectivity index (χ2n) is 7.15. The Labute approximate surface area is 151 Å². The van der Waals surface area contributed by atoms with Gasteiger partial charge in [0.1, 0.15) is 0 Å². The minimum absolute atomic E-state index is 0.0879. The van der Waals surface area contributed by atoms with Gasteiger partial charge >= 0.3 is 0 Å². The lowest BCUT2D eigenvalue weighted by Gasteiger charge is -2.25. The van der Waals surface area contributed by atoms with Crippen molar-refractivity contribution in [3.8, 4) is 0 Å². The zero-order valence-electron chi connectivity index (χ0n) is 14.4. The second-order valence-corrected chi connectivity index (χ2v) is 7.15. The normalized spacial score (nSPS) is 22.6. The number of aromatic nitrogens is 1. The Morgan fingerprint density at radius 3 is 2.88 bits per heavy atom. The molecule has 1 aromatic heterocycles. The van der Waals surface area contributed by atoms with Gasteiger partial charge in [-0.15, -0.1) is 0 Å². The molecule has 0 unspecified atom stereocenters. The smallest absolute Gasteiger partial charge is 0.227 e. The molecule has 2 atom stereocenters. The molecule has 0 aliphatic carbocycles. The van der Waals surface area contributed by atoms with Gasteiger partial charge in [0.25, 0.3) is 0 Å². The lowest BCUT2D eigenvalue weighted by molar-refractivity contribution is -0.131. The van der Waals surface area contributed by atoms with Gasteiger partial charge in [0.05, 0.1) is 6.42 Å². The van der Waals surface area contributed by atoms with Gasteiger partial charge in [-0.3, -0.25) is 14.7 Å². The lowest BCUT2D eigenvalue weighted by atomic mass is 10.0. The molecular formula is C20H21F2N3O. The Bertz CT molecular complexity index is 799. The first-order chi connectivity index (χ1) is 12.6. The van der Waals surface area contributed by atoms with E-state index in [9.17, 15) is 13.6 Å². The van der Waals surface area contributed by atoms with Crippen LogP contribution in [0.2, 0.25) is 0 Å². The van der Waals surface area contributed by atoms with E-state index in [2.05, 4.69) is 16.0 Å². The minimum Gasteiger partial charge on any atom is -0.338 e. The summed E-state index contributed by atoms with van der Waals surface area (Å²) in [5, 5.41) is 0. The minimum atomic E-state index is -0.916. The van der Waals surface area contributed by atoms with E-state index in [0.717, 1.165) is 37.7 Å². The first-order valence-electron chi connectivity index (χ1n) is 8.95. The van der Waals surface area contributed by atoms with Gasteiger partial charge in [-0.2, -0.15) is 0 Å². The van der Waals surface area contributed by atoms with Crippen molar-refractivity contribution >= 4 is 5.91 Å². The maximum Gasteiger partial charge on any atom is 0.227 e. The van der Waals surface area contributed by atoms with Crippen molar-refractivity contribution in [3.05, 3.63) is 65.5 Å². The Hall–Kier alpha value is -2.34. The fraction of sp³-hybridized carbons (Fsp3) is 0.400. The largest absolute Gasteiger partial charge is 0.338 e. The molecular weight excluding hydrogens is 336 g/mol. The van der Waals surface area contributed by atoms with Crippen molar-refractivity contribution in [3.63, 3.8) is 0 Å². The molecule has 4 nitrogen and oxygen atoms in total. The van der Waals surface area contributed by atoms with E-state index in [1.807, 2.05) is 17.2 Å². The van der Waals surface area contributed by atoms with Gasteiger partial charge in [0.15, 0.2) is 11.6 Å². The lowest BCUT2D eigenvalue weighted by Crippen LogP contribution is -2.40. The molecule has 0 radical (unpaired) electrons. The number of amides is 1. The number of hydrogen-bond donors (Lipinski definition) is 0. The van der Waals surface area contributed by atoms with E-state index >= 15 is 0 Å². The molecule has 136 valence electrons. The summed E-state index contributed by atoms with van der Waals surface area (Å²) in [6.07, 6.45) is 4.50. The molecule has 26 heavy (non-hydrogen) atoms. The fourth-order valence-corrected chi connectivity index (χ4v) is 4.19. The first-order valence-corrected chi connectivity index (χ1v) is 8.95. The first kappa shape index (κ1) is 17.1. The number of rotatable bonds is 4. The third-order valence-electron chi connectivity index (χ3n) is 5.45. The summed E-state index contributed by atoms with van der Waals surface area (Å²) in [4.78, 5) is 21.0. The number of benzene rings is 1. The number of carbonyl (C=O) groups is 1. The number of fused-ring (bicyclic) bond motifs is 1. The molecule has 4 rings (SSSR count). The molecule has 0 saturated carbocycles. The van der Waals surface area contributed by atoms with E-state index in [4.69, 9.17) is 0 Å². The summed E-state index contributed by atoms with van der Waals surface area (Å²) in [7, 11) is 0. The molecule has 0 N–H and O–H groups in total. The Balaban J connectivity index is 1.41. The zero-order chi connectivity index (χ0) is 18.1. The number of pyridine rings is 1. The van der Waals surface area contributed by atoms with Crippen LogP contribution in [-0.4, -0.2) is 46.4 Å². The highest BCUT2D eigenvalue weighted by atomic mass is 19.2. The molecule has 2 aliphatic heterocycles. The Kier molecular flexibility index (Phi) is 4.68. The average molecular weight is 357 g/mol. The standard InChI is InChI=1S/C20H21F2N3O/c21-17-5-1-4-15(20(17)22)9-19(26)25-8-6-16-12-24(13-18(16)25)11-14-3-2-7-23-10-14/h1-5,7,10,16,18H,6,8-9,11-13H2/t16-,18+/m0/s1. The average Bonchev–Trinajstić information content (AvgIpc) is 3.20. The molecule has 3 heterocycles.